The minimum absolute atomic E-state index is 0.0377. The molecule has 0 saturated carbocycles. The Morgan fingerprint density at radius 1 is 1.21 bits per heavy atom. The molecule has 1 fully saturated rings. The summed E-state index contributed by atoms with van der Waals surface area (Å²) < 4.78 is 0. The van der Waals surface area contributed by atoms with Crippen molar-refractivity contribution in [1.29, 1.82) is 0 Å². The molecule has 1 amide bonds. The standard InChI is InChI=1S/C20H24N2O2/c1-14-16(11-12-17(21-14)15-8-5-4-6-9-15)19(23)22-13-7-10-18(22)20(2,3)24/h4-6,8-9,11-12,18,24H,7,10,13H2,1-3H3. The Kier molecular flexibility index (Phi) is 4.41. The Labute approximate surface area is 143 Å². The number of hydrogen-bond donors (Lipinski definition) is 1. The van der Waals surface area contributed by atoms with Crippen molar-refractivity contribution in [3.8, 4) is 11.3 Å². The molecular weight excluding hydrogens is 300 g/mol. The zero-order valence-corrected chi connectivity index (χ0v) is 14.5. The van der Waals surface area contributed by atoms with Crippen molar-refractivity contribution < 1.29 is 9.90 Å². The van der Waals surface area contributed by atoms with Gasteiger partial charge >= 0.3 is 0 Å². The van der Waals surface area contributed by atoms with Crippen molar-refractivity contribution >= 4 is 5.91 Å². The van der Waals surface area contributed by atoms with E-state index in [1.54, 1.807) is 18.7 Å². The van der Waals surface area contributed by atoms with Gasteiger partial charge in [-0.3, -0.25) is 9.78 Å². The van der Waals surface area contributed by atoms with Gasteiger partial charge in [-0.05, 0) is 45.7 Å². The first-order valence-electron chi connectivity index (χ1n) is 8.44. The van der Waals surface area contributed by atoms with E-state index in [4.69, 9.17) is 0 Å². The van der Waals surface area contributed by atoms with Gasteiger partial charge in [-0.2, -0.15) is 0 Å². The Balaban J connectivity index is 1.88. The first-order chi connectivity index (χ1) is 11.4. The second-order valence-corrected chi connectivity index (χ2v) is 7.01. The van der Waals surface area contributed by atoms with E-state index in [1.807, 2.05) is 49.4 Å². The molecule has 1 aromatic heterocycles. The van der Waals surface area contributed by atoms with Crippen LogP contribution in [0.25, 0.3) is 11.3 Å². The molecule has 4 heteroatoms. The lowest BCUT2D eigenvalue weighted by molar-refractivity contribution is 0.000285. The number of aromatic nitrogens is 1. The molecule has 3 rings (SSSR count). The number of hydrogen-bond acceptors (Lipinski definition) is 3. The summed E-state index contributed by atoms with van der Waals surface area (Å²) in [6, 6.07) is 13.5. The zero-order chi connectivity index (χ0) is 17.3. The molecule has 1 unspecified atom stereocenters. The number of rotatable bonds is 3. The van der Waals surface area contributed by atoms with Crippen molar-refractivity contribution in [2.24, 2.45) is 0 Å². The highest BCUT2D eigenvalue weighted by Crippen LogP contribution is 2.29. The molecule has 1 N–H and O–H groups in total. The van der Waals surface area contributed by atoms with Crippen molar-refractivity contribution in [2.75, 3.05) is 6.54 Å². The fourth-order valence-electron chi connectivity index (χ4n) is 3.46. The fraction of sp³-hybridized carbons (Fsp3) is 0.400. The van der Waals surface area contributed by atoms with Crippen LogP contribution in [0.4, 0.5) is 0 Å². The van der Waals surface area contributed by atoms with Crippen molar-refractivity contribution in [3.63, 3.8) is 0 Å². The molecule has 4 nitrogen and oxygen atoms in total. The molecule has 1 aromatic carbocycles. The maximum absolute atomic E-state index is 12.9. The first-order valence-corrected chi connectivity index (χ1v) is 8.44. The number of likely N-dealkylation sites (tertiary alicyclic amines) is 1. The number of aryl methyl sites for hydroxylation is 1. The number of pyridine rings is 1. The van der Waals surface area contributed by atoms with Gasteiger partial charge in [0.1, 0.15) is 0 Å². The molecule has 1 aliphatic heterocycles. The van der Waals surface area contributed by atoms with E-state index >= 15 is 0 Å². The third-order valence-corrected chi connectivity index (χ3v) is 4.71. The number of benzene rings is 1. The summed E-state index contributed by atoms with van der Waals surface area (Å²) in [6.07, 6.45) is 1.76. The highest BCUT2D eigenvalue weighted by atomic mass is 16.3. The average molecular weight is 324 g/mol. The van der Waals surface area contributed by atoms with E-state index in [0.717, 1.165) is 29.8 Å². The quantitative estimate of drug-likeness (QED) is 0.941. The maximum atomic E-state index is 12.9. The van der Waals surface area contributed by atoms with Gasteiger partial charge in [0.15, 0.2) is 0 Å². The number of carbonyl (C=O) groups excluding carboxylic acids is 1. The summed E-state index contributed by atoms with van der Waals surface area (Å²) in [5, 5.41) is 10.3. The monoisotopic (exact) mass is 324 g/mol. The lowest BCUT2D eigenvalue weighted by atomic mass is 9.96. The SMILES string of the molecule is Cc1nc(-c2ccccc2)ccc1C(=O)N1CCCC1C(C)(C)O. The molecule has 126 valence electrons. The Morgan fingerprint density at radius 3 is 2.54 bits per heavy atom. The topological polar surface area (TPSA) is 53.4 Å². The predicted molar refractivity (Wildman–Crippen MR) is 94.8 cm³/mol. The second-order valence-electron chi connectivity index (χ2n) is 7.01. The van der Waals surface area contributed by atoms with E-state index in [-0.39, 0.29) is 11.9 Å². The normalized spacial score (nSPS) is 18.0. The molecule has 0 bridgehead atoms. The van der Waals surface area contributed by atoms with Gasteiger partial charge in [0.2, 0.25) is 0 Å². The lowest BCUT2D eigenvalue weighted by Crippen LogP contribution is -2.48. The summed E-state index contributed by atoms with van der Waals surface area (Å²) in [5.41, 5.74) is 2.35. The van der Waals surface area contributed by atoms with Crippen molar-refractivity contribution in [1.82, 2.24) is 9.88 Å². The van der Waals surface area contributed by atoms with Crippen LogP contribution in [0, 0.1) is 6.92 Å². The van der Waals surface area contributed by atoms with E-state index in [1.165, 1.54) is 0 Å². The molecule has 0 spiro atoms. The average Bonchev–Trinajstić information content (AvgIpc) is 3.05. The van der Waals surface area contributed by atoms with Crippen LogP contribution in [-0.4, -0.2) is 39.1 Å². The van der Waals surface area contributed by atoms with Crippen molar-refractivity contribution in [2.45, 2.75) is 45.3 Å². The third kappa shape index (κ3) is 3.20. The number of aliphatic hydroxyl groups is 1. The van der Waals surface area contributed by atoms with E-state index < -0.39 is 5.60 Å². The molecule has 1 aliphatic rings. The Hall–Kier alpha value is -2.20. The third-order valence-electron chi connectivity index (χ3n) is 4.71. The van der Waals surface area contributed by atoms with Gasteiger partial charge in [0, 0.05) is 12.1 Å². The smallest absolute Gasteiger partial charge is 0.256 e. The minimum atomic E-state index is -0.891. The Bertz CT molecular complexity index is 735. The van der Waals surface area contributed by atoms with Crippen LogP contribution in [0.3, 0.4) is 0 Å². The molecule has 2 heterocycles. The summed E-state index contributed by atoms with van der Waals surface area (Å²) in [5.74, 6) is -0.0377. The van der Waals surface area contributed by atoms with Gasteiger partial charge in [0.05, 0.1) is 28.6 Å². The zero-order valence-electron chi connectivity index (χ0n) is 14.5. The van der Waals surface area contributed by atoms with Gasteiger partial charge in [0.25, 0.3) is 5.91 Å². The van der Waals surface area contributed by atoms with Crippen LogP contribution in [-0.2, 0) is 0 Å². The lowest BCUT2D eigenvalue weighted by Gasteiger charge is -2.34. The minimum Gasteiger partial charge on any atom is -0.388 e. The number of carbonyl (C=O) groups is 1. The summed E-state index contributed by atoms with van der Waals surface area (Å²) >= 11 is 0. The number of amides is 1. The van der Waals surface area contributed by atoms with Crippen LogP contribution in [0.15, 0.2) is 42.5 Å². The van der Waals surface area contributed by atoms with Gasteiger partial charge < -0.3 is 10.0 Å². The van der Waals surface area contributed by atoms with Crippen LogP contribution >= 0.6 is 0 Å². The largest absolute Gasteiger partial charge is 0.388 e. The summed E-state index contributed by atoms with van der Waals surface area (Å²) in [6.45, 7) is 6.10. The van der Waals surface area contributed by atoms with E-state index in [2.05, 4.69) is 4.98 Å². The molecule has 24 heavy (non-hydrogen) atoms. The van der Waals surface area contributed by atoms with Crippen LogP contribution in [0.1, 0.15) is 42.7 Å². The predicted octanol–water partition coefficient (Wildman–Crippen LogP) is 3.43. The van der Waals surface area contributed by atoms with E-state index in [0.29, 0.717) is 12.1 Å². The molecule has 0 aliphatic carbocycles. The number of nitrogens with zero attached hydrogens (tertiary/aromatic N) is 2. The fourth-order valence-corrected chi connectivity index (χ4v) is 3.46. The molecule has 1 atom stereocenters. The maximum Gasteiger partial charge on any atom is 0.256 e. The van der Waals surface area contributed by atoms with E-state index in [9.17, 15) is 9.90 Å². The summed E-state index contributed by atoms with van der Waals surface area (Å²) in [4.78, 5) is 19.4. The molecule has 2 aromatic rings. The van der Waals surface area contributed by atoms with Gasteiger partial charge in [-0.1, -0.05) is 30.3 Å². The van der Waals surface area contributed by atoms with Crippen LogP contribution in [0.2, 0.25) is 0 Å². The second kappa shape index (κ2) is 6.36. The highest BCUT2D eigenvalue weighted by molar-refractivity contribution is 5.96. The highest BCUT2D eigenvalue weighted by Gasteiger charge is 2.39. The van der Waals surface area contributed by atoms with Gasteiger partial charge in [-0.25, -0.2) is 0 Å². The van der Waals surface area contributed by atoms with Crippen molar-refractivity contribution in [3.05, 3.63) is 53.7 Å². The summed E-state index contributed by atoms with van der Waals surface area (Å²) in [7, 11) is 0. The van der Waals surface area contributed by atoms with Crippen LogP contribution in [0.5, 0.6) is 0 Å². The molecular formula is C20H24N2O2. The van der Waals surface area contributed by atoms with Gasteiger partial charge in [-0.15, -0.1) is 0 Å². The Morgan fingerprint density at radius 2 is 1.92 bits per heavy atom. The molecule has 1 saturated heterocycles. The van der Waals surface area contributed by atoms with Crippen LogP contribution < -0.4 is 0 Å². The first kappa shape index (κ1) is 16.7. The molecule has 0 radical (unpaired) electrons.